The number of hydrogen-bond acceptors (Lipinski definition) is 5. The number of fused-ring (bicyclic) bond motifs is 2. The molecule has 0 spiro atoms. The van der Waals surface area contributed by atoms with Gasteiger partial charge in [0.25, 0.3) is 5.71 Å². The molecule has 2 aromatic heterocycles. The minimum absolute atomic E-state index is 0.150. The molecule has 20 heavy (non-hydrogen) atoms. The van der Waals surface area contributed by atoms with Crippen molar-refractivity contribution in [2.24, 2.45) is 0 Å². The molecule has 7 nitrogen and oxygen atoms in total. The summed E-state index contributed by atoms with van der Waals surface area (Å²) in [6.45, 7) is 3.62. The number of aromatic nitrogens is 2. The maximum absolute atomic E-state index is 12.2. The second kappa shape index (κ2) is 4.39. The molecule has 0 radical (unpaired) electrons. The number of quaternary nitrogens is 1. The van der Waals surface area contributed by atoms with Crippen LogP contribution >= 0.6 is 0 Å². The number of carboxylic acid groups (broad SMARTS) is 1. The molecule has 2 N–H and O–H groups in total. The summed E-state index contributed by atoms with van der Waals surface area (Å²) in [5.74, 6) is -0.764. The van der Waals surface area contributed by atoms with Gasteiger partial charge in [-0.25, -0.2) is 9.78 Å². The second-order valence-electron chi connectivity index (χ2n) is 4.71. The third kappa shape index (κ3) is 1.79. The minimum atomic E-state index is -1.23. The van der Waals surface area contributed by atoms with E-state index >= 15 is 0 Å². The molecule has 0 amide bonds. The lowest BCUT2D eigenvalue weighted by Gasteiger charge is -2.28. The summed E-state index contributed by atoms with van der Waals surface area (Å²) in [4.78, 5) is 19.5. The molecule has 0 fully saturated rings. The van der Waals surface area contributed by atoms with Crippen molar-refractivity contribution in [1.82, 2.24) is 9.97 Å². The monoisotopic (exact) mass is 275 g/mol. The number of hydrogen-bond donors (Lipinski definition) is 2. The molecular formula is C13H13N3O4. The maximum atomic E-state index is 12.2. The van der Waals surface area contributed by atoms with Crippen LogP contribution in [0.15, 0.2) is 22.3 Å². The average molecular weight is 275 g/mol. The first-order valence-electron chi connectivity index (χ1n) is 6.29. The number of aliphatic carboxylic acids is 1. The fourth-order valence-corrected chi connectivity index (χ4v) is 2.45. The molecule has 3 rings (SSSR count). The normalized spacial score (nSPS) is 21.6. The van der Waals surface area contributed by atoms with E-state index in [4.69, 9.17) is 9.52 Å². The van der Waals surface area contributed by atoms with Gasteiger partial charge in [0.1, 0.15) is 5.52 Å². The zero-order valence-corrected chi connectivity index (χ0v) is 11.0. The van der Waals surface area contributed by atoms with E-state index in [1.54, 1.807) is 13.0 Å². The van der Waals surface area contributed by atoms with Gasteiger partial charge in [0.05, 0.1) is 0 Å². The van der Waals surface area contributed by atoms with E-state index in [2.05, 4.69) is 9.97 Å². The van der Waals surface area contributed by atoms with Crippen molar-refractivity contribution in [2.75, 3.05) is 0 Å². The highest BCUT2D eigenvalue weighted by Gasteiger charge is 2.32. The molecule has 1 aliphatic rings. The molecule has 2 unspecified atom stereocenters. The van der Waals surface area contributed by atoms with E-state index in [1.807, 2.05) is 6.92 Å². The number of carboxylic acids is 1. The Labute approximate surface area is 114 Å². The van der Waals surface area contributed by atoms with Crippen LogP contribution in [0.5, 0.6) is 0 Å². The van der Waals surface area contributed by atoms with Gasteiger partial charge in [0.2, 0.25) is 11.5 Å². The number of carbonyl (C=O) groups is 1. The summed E-state index contributed by atoms with van der Waals surface area (Å²) in [5, 5.41) is 20.7. The summed E-state index contributed by atoms with van der Waals surface area (Å²) in [6.07, 6.45) is 2.18. The van der Waals surface area contributed by atoms with Crippen LogP contribution in [-0.4, -0.2) is 21.0 Å². The number of pyridine rings is 1. The fourth-order valence-electron chi connectivity index (χ4n) is 2.45. The predicted octanol–water partition coefficient (Wildman–Crippen LogP) is 1.02. The molecule has 0 saturated carbocycles. The van der Waals surface area contributed by atoms with Crippen molar-refractivity contribution in [3.8, 4) is 0 Å². The van der Waals surface area contributed by atoms with E-state index in [1.165, 1.54) is 6.08 Å². The van der Waals surface area contributed by atoms with Gasteiger partial charge in [-0.1, -0.05) is 6.92 Å². The van der Waals surface area contributed by atoms with Crippen LogP contribution in [0.2, 0.25) is 0 Å². The zero-order chi connectivity index (χ0) is 14.4. The number of nitrogens with one attached hydrogen (secondary N) is 1. The molecule has 1 aliphatic heterocycles. The lowest BCUT2D eigenvalue weighted by molar-refractivity contribution is -0.731. The average Bonchev–Trinajstić information content (AvgIpc) is 2.76. The number of allylic oxidation sites excluding steroid dienone is 1. The molecule has 2 atom stereocenters. The van der Waals surface area contributed by atoms with Crippen LogP contribution in [0.4, 0.5) is 5.82 Å². The Morgan fingerprint density at radius 2 is 2.30 bits per heavy atom. The lowest BCUT2D eigenvalue weighted by Crippen LogP contribution is -3.02. The highest BCUT2D eigenvalue weighted by Crippen LogP contribution is 2.31. The van der Waals surface area contributed by atoms with Gasteiger partial charge >= 0.3 is 5.97 Å². The Hall–Kier alpha value is -2.25. The molecule has 0 aliphatic carbocycles. The summed E-state index contributed by atoms with van der Waals surface area (Å²) in [7, 11) is 0. The van der Waals surface area contributed by atoms with Gasteiger partial charge in [0, 0.05) is 18.4 Å². The first-order valence-corrected chi connectivity index (χ1v) is 6.29. The molecular weight excluding hydrogens is 262 g/mol. The van der Waals surface area contributed by atoms with Crippen molar-refractivity contribution < 1.29 is 19.4 Å². The molecule has 0 bridgehead atoms. The van der Waals surface area contributed by atoms with Crippen LogP contribution in [0.1, 0.15) is 30.7 Å². The fraction of sp³-hybridized carbons (Fsp3) is 0.308. The standard InChI is InChI=1S/C13H13N3O4/c1-3-7-4-10(13(17)18)16(19)11-8(7)5-9-12(15-11)20-6(2)14-9/h4-5,7,16H,3H2,1-2H3,(H,17,18). The molecule has 2 aromatic rings. The highest BCUT2D eigenvalue weighted by atomic mass is 16.5. The van der Waals surface area contributed by atoms with Gasteiger partial charge in [-0.05, 0) is 18.6 Å². The topological polar surface area (TPSA) is 104 Å². The minimum Gasteiger partial charge on any atom is -0.622 e. The van der Waals surface area contributed by atoms with Gasteiger partial charge in [-0.15, -0.1) is 0 Å². The van der Waals surface area contributed by atoms with Crippen LogP contribution in [0, 0.1) is 12.1 Å². The van der Waals surface area contributed by atoms with Crippen molar-refractivity contribution in [1.29, 1.82) is 0 Å². The Morgan fingerprint density at radius 3 is 2.95 bits per heavy atom. The van der Waals surface area contributed by atoms with Gasteiger partial charge in [-0.3, -0.25) is 5.06 Å². The second-order valence-corrected chi connectivity index (χ2v) is 4.71. The van der Waals surface area contributed by atoms with Gasteiger partial charge in [0.15, 0.2) is 5.89 Å². The zero-order valence-electron chi connectivity index (χ0n) is 11.0. The summed E-state index contributed by atoms with van der Waals surface area (Å²) in [6, 6.07) is 1.76. The Balaban J connectivity index is 2.23. The summed E-state index contributed by atoms with van der Waals surface area (Å²) >= 11 is 0. The van der Waals surface area contributed by atoms with Crippen LogP contribution in [0.3, 0.4) is 0 Å². The molecule has 3 heterocycles. The third-order valence-electron chi connectivity index (χ3n) is 3.42. The van der Waals surface area contributed by atoms with Gasteiger partial charge in [-0.2, -0.15) is 4.98 Å². The largest absolute Gasteiger partial charge is 0.622 e. The summed E-state index contributed by atoms with van der Waals surface area (Å²) < 4.78 is 5.31. The number of rotatable bonds is 2. The van der Waals surface area contributed by atoms with Crippen LogP contribution in [-0.2, 0) is 4.79 Å². The lowest BCUT2D eigenvalue weighted by atomic mass is 9.92. The van der Waals surface area contributed by atoms with E-state index in [9.17, 15) is 10.0 Å². The first kappa shape index (κ1) is 12.8. The van der Waals surface area contributed by atoms with Crippen molar-refractivity contribution in [3.05, 3.63) is 34.5 Å². The maximum Gasteiger partial charge on any atom is 0.390 e. The van der Waals surface area contributed by atoms with E-state index in [0.29, 0.717) is 23.4 Å². The van der Waals surface area contributed by atoms with Crippen molar-refractivity contribution in [3.63, 3.8) is 0 Å². The quantitative estimate of drug-likeness (QED) is 0.793. The van der Waals surface area contributed by atoms with E-state index in [-0.39, 0.29) is 23.1 Å². The van der Waals surface area contributed by atoms with Gasteiger partial charge < -0.3 is 14.7 Å². The Kier molecular flexibility index (Phi) is 2.81. The van der Waals surface area contributed by atoms with Crippen molar-refractivity contribution in [2.45, 2.75) is 26.2 Å². The Morgan fingerprint density at radius 1 is 1.55 bits per heavy atom. The van der Waals surface area contributed by atoms with E-state index < -0.39 is 11.0 Å². The SMILES string of the molecule is CCC1C=C(C(=O)O)[NH+]([O-])c2nc3oc(C)nc3cc21. The molecule has 0 aromatic carbocycles. The number of hydroxylamine groups is 1. The number of nitrogens with zero attached hydrogens (tertiary/aromatic N) is 2. The highest BCUT2D eigenvalue weighted by molar-refractivity contribution is 5.85. The Bertz CT molecular complexity index is 735. The van der Waals surface area contributed by atoms with E-state index in [0.717, 1.165) is 0 Å². The van der Waals surface area contributed by atoms with Crippen LogP contribution in [0.25, 0.3) is 11.2 Å². The molecule has 7 heteroatoms. The summed E-state index contributed by atoms with van der Waals surface area (Å²) in [5.41, 5.74) is 1.33. The first-order chi connectivity index (χ1) is 9.51. The molecule has 104 valence electrons. The predicted molar refractivity (Wildman–Crippen MR) is 69.3 cm³/mol. The third-order valence-corrected chi connectivity index (χ3v) is 3.42. The number of oxazole rings is 1. The van der Waals surface area contributed by atoms with Crippen molar-refractivity contribution >= 4 is 23.0 Å². The smallest absolute Gasteiger partial charge is 0.390 e. The molecule has 0 saturated heterocycles. The number of aryl methyl sites for hydroxylation is 1. The van der Waals surface area contributed by atoms with Crippen LogP contribution < -0.4 is 5.06 Å².